The molecule has 150 valence electrons. The SMILES string of the molecule is Cc1noc2nc(C3CC3)cc(C(=O)O[C@H](C)C(=O)Nc3ccc(F)cc3Cl)c12. The van der Waals surface area contributed by atoms with Crippen LogP contribution >= 0.6 is 11.6 Å². The first-order valence-corrected chi connectivity index (χ1v) is 9.45. The predicted octanol–water partition coefficient (Wildman–Crippen LogP) is 4.39. The van der Waals surface area contributed by atoms with Crippen molar-refractivity contribution in [1.29, 1.82) is 0 Å². The van der Waals surface area contributed by atoms with Gasteiger partial charge in [-0.1, -0.05) is 16.8 Å². The van der Waals surface area contributed by atoms with Gasteiger partial charge in [0.1, 0.15) is 5.82 Å². The van der Waals surface area contributed by atoms with Gasteiger partial charge in [-0.05, 0) is 51.0 Å². The zero-order valence-electron chi connectivity index (χ0n) is 15.7. The molecule has 0 aliphatic heterocycles. The van der Waals surface area contributed by atoms with Crippen LogP contribution in [0.3, 0.4) is 0 Å². The molecule has 1 fully saturated rings. The number of rotatable bonds is 5. The number of hydrogen-bond donors (Lipinski definition) is 1. The van der Waals surface area contributed by atoms with Gasteiger partial charge in [0.05, 0.1) is 27.4 Å². The minimum Gasteiger partial charge on any atom is -0.449 e. The first-order valence-electron chi connectivity index (χ1n) is 9.07. The van der Waals surface area contributed by atoms with Crippen molar-refractivity contribution in [3.05, 3.63) is 52.1 Å². The van der Waals surface area contributed by atoms with E-state index in [9.17, 15) is 14.0 Å². The Labute approximate surface area is 170 Å². The van der Waals surface area contributed by atoms with Gasteiger partial charge in [-0.15, -0.1) is 0 Å². The Morgan fingerprint density at radius 1 is 1.34 bits per heavy atom. The fourth-order valence-electron chi connectivity index (χ4n) is 2.97. The van der Waals surface area contributed by atoms with Crippen molar-refractivity contribution in [3.63, 3.8) is 0 Å². The van der Waals surface area contributed by atoms with Gasteiger partial charge in [-0.2, -0.15) is 0 Å². The lowest BCUT2D eigenvalue weighted by Crippen LogP contribution is -2.30. The number of halogens is 2. The number of esters is 1. The average Bonchev–Trinajstić information content (AvgIpc) is 3.46. The van der Waals surface area contributed by atoms with Gasteiger partial charge in [-0.25, -0.2) is 14.2 Å². The number of amides is 1. The number of anilines is 1. The van der Waals surface area contributed by atoms with Gasteiger partial charge in [0.15, 0.2) is 6.10 Å². The molecule has 0 saturated heterocycles. The molecule has 0 radical (unpaired) electrons. The number of benzene rings is 1. The van der Waals surface area contributed by atoms with E-state index in [0.29, 0.717) is 11.1 Å². The molecule has 1 saturated carbocycles. The molecule has 0 bridgehead atoms. The van der Waals surface area contributed by atoms with Gasteiger partial charge in [0, 0.05) is 11.6 Å². The molecule has 1 aliphatic carbocycles. The van der Waals surface area contributed by atoms with Gasteiger partial charge in [0.25, 0.3) is 11.6 Å². The zero-order valence-corrected chi connectivity index (χ0v) is 16.4. The number of carbonyl (C=O) groups excluding carboxylic acids is 2. The largest absolute Gasteiger partial charge is 0.449 e. The number of nitrogens with one attached hydrogen (secondary N) is 1. The third-order valence-electron chi connectivity index (χ3n) is 4.69. The lowest BCUT2D eigenvalue weighted by molar-refractivity contribution is -0.123. The number of aryl methyl sites for hydroxylation is 1. The number of ether oxygens (including phenoxy) is 1. The molecule has 0 spiro atoms. The number of carbonyl (C=O) groups is 2. The normalized spacial score (nSPS) is 14.6. The second-order valence-corrected chi connectivity index (χ2v) is 7.39. The summed E-state index contributed by atoms with van der Waals surface area (Å²) in [5, 5.41) is 6.91. The molecule has 2 heterocycles. The van der Waals surface area contributed by atoms with Crippen molar-refractivity contribution in [3.8, 4) is 0 Å². The number of nitrogens with zero attached hydrogens (tertiary/aromatic N) is 2. The number of hydrogen-bond acceptors (Lipinski definition) is 6. The summed E-state index contributed by atoms with van der Waals surface area (Å²) in [5.74, 6) is -1.51. The Morgan fingerprint density at radius 3 is 2.79 bits per heavy atom. The van der Waals surface area contributed by atoms with Crippen LogP contribution in [0.5, 0.6) is 0 Å². The molecule has 1 N–H and O–H groups in total. The molecule has 29 heavy (non-hydrogen) atoms. The number of aromatic nitrogens is 2. The quantitative estimate of drug-likeness (QED) is 0.619. The molecule has 9 heteroatoms. The molecule has 7 nitrogen and oxygen atoms in total. The molecular weight excluding hydrogens is 401 g/mol. The second kappa shape index (κ2) is 7.44. The topological polar surface area (TPSA) is 94.3 Å². The highest BCUT2D eigenvalue weighted by atomic mass is 35.5. The van der Waals surface area contributed by atoms with Crippen molar-refractivity contribution in [2.75, 3.05) is 5.32 Å². The Morgan fingerprint density at radius 2 is 2.10 bits per heavy atom. The summed E-state index contributed by atoms with van der Waals surface area (Å²) in [6, 6.07) is 5.25. The predicted molar refractivity (Wildman–Crippen MR) is 103 cm³/mol. The van der Waals surface area contributed by atoms with E-state index in [4.69, 9.17) is 20.9 Å². The maximum Gasteiger partial charge on any atom is 0.339 e. The number of pyridine rings is 1. The molecule has 1 atom stereocenters. The molecule has 1 aliphatic rings. The van der Waals surface area contributed by atoms with Crippen LogP contribution in [-0.4, -0.2) is 28.1 Å². The molecule has 4 rings (SSSR count). The summed E-state index contributed by atoms with van der Waals surface area (Å²) in [7, 11) is 0. The van der Waals surface area contributed by atoms with E-state index in [1.54, 1.807) is 13.0 Å². The number of fused-ring (bicyclic) bond motifs is 1. The maximum atomic E-state index is 13.1. The van der Waals surface area contributed by atoms with Gasteiger partial charge in [0.2, 0.25) is 0 Å². The lowest BCUT2D eigenvalue weighted by Gasteiger charge is -2.15. The van der Waals surface area contributed by atoms with Crippen LogP contribution in [0.1, 0.15) is 47.4 Å². The lowest BCUT2D eigenvalue weighted by atomic mass is 10.1. The van der Waals surface area contributed by atoms with E-state index in [-0.39, 0.29) is 27.9 Å². The standard InChI is InChI=1S/C20H17ClFN3O4/c1-9-17-13(8-16(11-3-4-11)24-19(17)29-25-9)20(27)28-10(2)18(26)23-15-6-5-12(22)7-14(15)21/h5-8,10-11H,3-4H2,1-2H3,(H,23,26)/t10-/m1/s1. The Hall–Kier alpha value is -3.00. The van der Waals surface area contributed by atoms with E-state index in [0.717, 1.165) is 24.6 Å². The summed E-state index contributed by atoms with van der Waals surface area (Å²) < 4.78 is 23.7. The highest BCUT2D eigenvalue weighted by Gasteiger charge is 2.30. The van der Waals surface area contributed by atoms with Crippen LogP contribution < -0.4 is 5.32 Å². The van der Waals surface area contributed by atoms with Crippen molar-refractivity contribution >= 4 is 40.3 Å². The highest BCUT2D eigenvalue weighted by Crippen LogP contribution is 2.40. The minimum absolute atomic E-state index is 0.0434. The monoisotopic (exact) mass is 417 g/mol. The molecule has 3 aromatic rings. The summed E-state index contributed by atoms with van der Waals surface area (Å²) in [6.45, 7) is 3.14. The fraction of sp³-hybridized carbons (Fsp3) is 0.300. The third kappa shape index (κ3) is 3.93. The van der Waals surface area contributed by atoms with E-state index in [2.05, 4.69) is 15.5 Å². The minimum atomic E-state index is -1.11. The van der Waals surface area contributed by atoms with Crippen LogP contribution in [0.15, 0.2) is 28.8 Å². The van der Waals surface area contributed by atoms with Crippen molar-refractivity contribution < 1.29 is 23.2 Å². The first kappa shape index (κ1) is 19.3. The van der Waals surface area contributed by atoms with Crippen LogP contribution in [0, 0.1) is 12.7 Å². The van der Waals surface area contributed by atoms with E-state index >= 15 is 0 Å². The molecule has 2 aromatic heterocycles. The van der Waals surface area contributed by atoms with Gasteiger partial charge < -0.3 is 14.6 Å². The summed E-state index contributed by atoms with van der Waals surface area (Å²) in [6.07, 6.45) is 0.880. The van der Waals surface area contributed by atoms with Crippen molar-refractivity contribution in [2.45, 2.75) is 38.7 Å². The van der Waals surface area contributed by atoms with Crippen molar-refractivity contribution in [2.24, 2.45) is 0 Å². The van der Waals surface area contributed by atoms with Crippen LogP contribution in [0.2, 0.25) is 5.02 Å². The van der Waals surface area contributed by atoms with E-state index in [1.807, 2.05) is 0 Å². The Balaban J connectivity index is 1.54. The highest BCUT2D eigenvalue weighted by molar-refractivity contribution is 6.33. The van der Waals surface area contributed by atoms with Crippen LogP contribution in [0.4, 0.5) is 10.1 Å². The smallest absolute Gasteiger partial charge is 0.339 e. The molecule has 1 aromatic carbocycles. The third-order valence-corrected chi connectivity index (χ3v) is 5.01. The van der Waals surface area contributed by atoms with Gasteiger partial charge in [-0.3, -0.25) is 4.79 Å². The Kier molecular flexibility index (Phi) is 4.96. The van der Waals surface area contributed by atoms with Crippen LogP contribution in [0.25, 0.3) is 11.1 Å². The molecule has 1 amide bonds. The molecular formula is C20H17ClFN3O4. The Bertz CT molecular complexity index is 1130. The van der Waals surface area contributed by atoms with Crippen LogP contribution in [-0.2, 0) is 9.53 Å². The van der Waals surface area contributed by atoms with E-state index in [1.165, 1.54) is 19.1 Å². The summed E-state index contributed by atoms with van der Waals surface area (Å²) in [4.78, 5) is 29.6. The van der Waals surface area contributed by atoms with E-state index < -0.39 is 23.8 Å². The average molecular weight is 418 g/mol. The first-order chi connectivity index (χ1) is 13.8. The maximum absolute atomic E-state index is 13.1. The fourth-order valence-corrected chi connectivity index (χ4v) is 3.18. The summed E-state index contributed by atoms with van der Waals surface area (Å²) >= 11 is 5.92. The summed E-state index contributed by atoms with van der Waals surface area (Å²) in [5.41, 5.74) is 2.01. The van der Waals surface area contributed by atoms with Gasteiger partial charge >= 0.3 is 5.97 Å². The zero-order chi connectivity index (χ0) is 20.7. The van der Waals surface area contributed by atoms with Crippen molar-refractivity contribution in [1.82, 2.24) is 10.1 Å². The second-order valence-electron chi connectivity index (χ2n) is 6.98. The molecule has 0 unspecified atom stereocenters.